The molecule has 0 spiro atoms. The van der Waals surface area contributed by atoms with E-state index in [9.17, 15) is 18.3 Å². The van der Waals surface area contributed by atoms with E-state index in [2.05, 4.69) is 4.72 Å². The van der Waals surface area contributed by atoms with Gasteiger partial charge in [-0.25, -0.2) is 17.9 Å². The van der Waals surface area contributed by atoms with E-state index in [1.807, 2.05) is 6.92 Å². The normalized spacial score (nSPS) is 13.4. The van der Waals surface area contributed by atoms with Crippen molar-refractivity contribution in [3.63, 3.8) is 0 Å². The van der Waals surface area contributed by atoms with Crippen molar-refractivity contribution in [1.82, 2.24) is 4.72 Å². The van der Waals surface area contributed by atoms with Gasteiger partial charge < -0.3 is 9.52 Å². The van der Waals surface area contributed by atoms with Gasteiger partial charge in [-0.3, -0.25) is 0 Å². The van der Waals surface area contributed by atoms with Crippen LogP contribution in [0.15, 0.2) is 44.4 Å². The smallest absolute Gasteiger partial charge is 0.336 e. The molecule has 7 heteroatoms. The highest BCUT2D eigenvalue weighted by Gasteiger charge is 2.15. The van der Waals surface area contributed by atoms with Crippen molar-refractivity contribution in [1.29, 1.82) is 0 Å². The zero-order chi connectivity index (χ0) is 15.5. The zero-order valence-electron chi connectivity index (χ0n) is 11.6. The molecule has 1 unspecified atom stereocenters. The number of aliphatic hydroxyl groups excluding tert-OH is 1. The Morgan fingerprint density at radius 1 is 1.29 bits per heavy atom. The monoisotopic (exact) mass is 311 g/mol. The third-order valence-corrected chi connectivity index (χ3v) is 4.60. The van der Waals surface area contributed by atoms with Gasteiger partial charge in [-0.2, -0.15) is 0 Å². The molecule has 0 saturated heterocycles. The lowest BCUT2D eigenvalue weighted by molar-refractivity contribution is 0.162. The summed E-state index contributed by atoms with van der Waals surface area (Å²) >= 11 is 0. The Kier molecular flexibility index (Phi) is 4.76. The first-order chi connectivity index (χ1) is 9.92. The van der Waals surface area contributed by atoms with Crippen LogP contribution in [0.2, 0.25) is 0 Å². The van der Waals surface area contributed by atoms with E-state index in [1.165, 1.54) is 30.3 Å². The highest BCUT2D eigenvalue weighted by atomic mass is 32.2. The molecule has 0 saturated carbocycles. The van der Waals surface area contributed by atoms with Crippen LogP contribution in [0, 0.1) is 0 Å². The molecular formula is C14H17NO5S. The molecule has 1 heterocycles. The molecule has 0 aliphatic heterocycles. The van der Waals surface area contributed by atoms with Crippen molar-refractivity contribution in [2.45, 2.75) is 30.8 Å². The van der Waals surface area contributed by atoms with Crippen molar-refractivity contribution in [3.05, 3.63) is 40.8 Å². The van der Waals surface area contributed by atoms with E-state index < -0.39 is 21.8 Å². The average Bonchev–Trinajstić information content (AvgIpc) is 2.46. The van der Waals surface area contributed by atoms with E-state index in [4.69, 9.17) is 4.42 Å². The van der Waals surface area contributed by atoms with Crippen LogP contribution in [-0.4, -0.2) is 26.2 Å². The Morgan fingerprint density at radius 3 is 2.76 bits per heavy atom. The SMILES string of the molecule is CCC(O)CCNS(=O)(=O)c1ccc2oc(=O)ccc2c1. The van der Waals surface area contributed by atoms with Crippen LogP contribution >= 0.6 is 0 Å². The summed E-state index contributed by atoms with van der Waals surface area (Å²) in [7, 11) is -3.65. The molecule has 114 valence electrons. The predicted octanol–water partition coefficient (Wildman–Crippen LogP) is 1.23. The summed E-state index contributed by atoms with van der Waals surface area (Å²) in [6.45, 7) is 2.00. The Labute approximate surface area is 122 Å². The van der Waals surface area contributed by atoms with E-state index in [0.717, 1.165) is 0 Å². The average molecular weight is 311 g/mol. The zero-order valence-corrected chi connectivity index (χ0v) is 12.4. The van der Waals surface area contributed by atoms with E-state index >= 15 is 0 Å². The molecule has 6 nitrogen and oxygen atoms in total. The van der Waals surface area contributed by atoms with E-state index in [0.29, 0.717) is 23.8 Å². The number of hydrogen-bond acceptors (Lipinski definition) is 5. The standard InChI is InChI=1S/C14H17NO5S/c1-2-11(16)7-8-15-21(18,19)12-4-5-13-10(9-12)3-6-14(17)20-13/h3-6,9,11,15-16H,2,7-8H2,1H3. The first kappa shape index (κ1) is 15.7. The van der Waals surface area contributed by atoms with Crippen molar-refractivity contribution < 1.29 is 17.9 Å². The van der Waals surface area contributed by atoms with Crippen molar-refractivity contribution in [2.75, 3.05) is 6.54 Å². The first-order valence-corrected chi connectivity index (χ1v) is 8.12. The van der Waals surface area contributed by atoms with E-state index in [-0.39, 0.29) is 11.4 Å². The lowest BCUT2D eigenvalue weighted by Gasteiger charge is -2.10. The quantitative estimate of drug-likeness (QED) is 0.782. The van der Waals surface area contributed by atoms with Gasteiger partial charge in [0.2, 0.25) is 10.0 Å². The summed E-state index contributed by atoms with van der Waals surface area (Å²) in [5.41, 5.74) is -0.146. The fourth-order valence-electron chi connectivity index (χ4n) is 1.86. The summed E-state index contributed by atoms with van der Waals surface area (Å²) in [4.78, 5) is 11.2. The van der Waals surface area contributed by atoms with Gasteiger partial charge >= 0.3 is 5.63 Å². The van der Waals surface area contributed by atoms with Crippen LogP contribution in [0.4, 0.5) is 0 Å². The van der Waals surface area contributed by atoms with Gasteiger partial charge in [0, 0.05) is 18.0 Å². The fraction of sp³-hybridized carbons (Fsp3) is 0.357. The fourth-order valence-corrected chi connectivity index (χ4v) is 2.95. The number of sulfonamides is 1. The van der Waals surface area contributed by atoms with Crippen LogP contribution < -0.4 is 10.3 Å². The third-order valence-electron chi connectivity index (χ3n) is 3.14. The molecule has 21 heavy (non-hydrogen) atoms. The molecule has 1 aromatic carbocycles. The summed E-state index contributed by atoms with van der Waals surface area (Å²) in [6, 6.07) is 7.03. The van der Waals surface area contributed by atoms with Crippen molar-refractivity contribution in [3.8, 4) is 0 Å². The summed E-state index contributed by atoms with van der Waals surface area (Å²) in [5.74, 6) is 0. The maximum Gasteiger partial charge on any atom is 0.336 e. The summed E-state index contributed by atoms with van der Waals surface area (Å²) < 4.78 is 31.6. The second-order valence-corrected chi connectivity index (χ2v) is 6.47. The Morgan fingerprint density at radius 2 is 2.05 bits per heavy atom. The number of fused-ring (bicyclic) bond motifs is 1. The molecule has 0 aliphatic rings. The molecular weight excluding hydrogens is 294 g/mol. The Balaban J connectivity index is 2.20. The molecule has 1 atom stereocenters. The summed E-state index contributed by atoms with van der Waals surface area (Å²) in [5, 5.41) is 9.95. The largest absolute Gasteiger partial charge is 0.423 e. The van der Waals surface area contributed by atoms with Gasteiger partial charge in [-0.1, -0.05) is 6.92 Å². The Hall–Kier alpha value is -1.70. The van der Waals surface area contributed by atoms with Gasteiger partial charge in [0.05, 0.1) is 11.0 Å². The lowest BCUT2D eigenvalue weighted by atomic mass is 10.2. The lowest BCUT2D eigenvalue weighted by Crippen LogP contribution is -2.27. The summed E-state index contributed by atoms with van der Waals surface area (Å²) in [6.07, 6.45) is 0.424. The predicted molar refractivity (Wildman–Crippen MR) is 78.6 cm³/mol. The highest BCUT2D eigenvalue weighted by molar-refractivity contribution is 7.89. The number of hydrogen-bond donors (Lipinski definition) is 2. The molecule has 0 amide bonds. The van der Waals surface area contributed by atoms with Gasteiger partial charge in [0.25, 0.3) is 0 Å². The number of nitrogens with one attached hydrogen (secondary N) is 1. The molecule has 2 rings (SSSR count). The number of benzene rings is 1. The van der Waals surface area contributed by atoms with E-state index in [1.54, 1.807) is 0 Å². The third kappa shape index (κ3) is 3.90. The van der Waals surface area contributed by atoms with Crippen molar-refractivity contribution in [2.24, 2.45) is 0 Å². The molecule has 0 radical (unpaired) electrons. The van der Waals surface area contributed by atoms with Gasteiger partial charge in [-0.05, 0) is 37.1 Å². The molecule has 2 N–H and O–H groups in total. The van der Waals surface area contributed by atoms with Crippen LogP contribution in [0.5, 0.6) is 0 Å². The second kappa shape index (κ2) is 6.38. The van der Waals surface area contributed by atoms with Crippen molar-refractivity contribution >= 4 is 21.0 Å². The maximum absolute atomic E-state index is 12.1. The molecule has 1 aromatic heterocycles. The highest BCUT2D eigenvalue weighted by Crippen LogP contribution is 2.17. The molecule has 0 fully saturated rings. The van der Waals surface area contributed by atoms with Crippen LogP contribution in [0.3, 0.4) is 0 Å². The molecule has 2 aromatic rings. The minimum atomic E-state index is -3.65. The minimum absolute atomic E-state index is 0.0924. The first-order valence-electron chi connectivity index (χ1n) is 6.64. The van der Waals surface area contributed by atoms with Gasteiger partial charge in [-0.15, -0.1) is 0 Å². The van der Waals surface area contributed by atoms with Gasteiger partial charge in [0.1, 0.15) is 5.58 Å². The molecule has 0 aliphatic carbocycles. The second-order valence-electron chi connectivity index (χ2n) is 4.70. The Bertz CT molecular complexity index is 781. The van der Waals surface area contributed by atoms with Crippen LogP contribution in [0.25, 0.3) is 11.0 Å². The minimum Gasteiger partial charge on any atom is -0.423 e. The maximum atomic E-state index is 12.1. The van der Waals surface area contributed by atoms with Crippen LogP contribution in [0.1, 0.15) is 19.8 Å². The molecule has 0 bridgehead atoms. The number of aliphatic hydroxyl groups is 1. The number of rotatable bonds is 6. The van der Waals surface area contributed by atoms with Gasteiger partial charge in [0.15, 0.2) is 0 Å². The topological polar surface area (TPSA) is 96.6 Å². The van der Waals surface area contributed by atoms with Crippen LogP contribution in [-0.2, 0) is 10.0 Å².